The number of hydrogen-bond donors (Lipinski definition) is 0. The van der Waals surface area contributed by atoms with Gasteiger partial charge in [-0.15, -0.1) is 0 Å². The van der Waals surface area contributed by atoms with Crippen LogP contribution in [0.25, 0.3) is 6.08 Å². The predicted molar refractivity (Wildman–Crippen MR) is 82.2 cm³/mol. The highest BCUT2D eigenvalue weighted by Crippen LogP contribution is 2.27. The maximum Gasteiger partial charge on any atom is 0.00923 e. The molecule has 0 spiro atoms. The van der Waals surface area contributed by atoms with Crippen LogP contribution in [0.4, 0.5) is 0 Å². The van der Waals surface area contributed by atoms with Crippen molar-refractivity contribution in [3.63, 3.8) is 0 Å². The van der Waals surface area contributed by atoms with Gasteiger partial charge in [0.15, 0.2) is 0 Å². The molecule has 2 aliphatic rings. The number of aryl methyl sites for hydroxylation is 1. The van der Waals surface area contributed by atoms with Gasteiger partial charge < -0.3 is 4.90 Å². The Labute approximate surface area is 117 Å². The third kappa shape index (κ3) is 3.09. The number of nitrogens with zero attached hydrogens (tertiary/aromatic N) is 1. The van der Waals surface area contributed by atoms with Gasteiger partial charge >= 0.3 is 0 Å². The number of fused-ring (bicyclic) bond motifs is 1. The summed E-state index contributed by atoms with van der Waals surface area (Å²) >= 11 is 0. The van der Waals surface area contributed by atoms with Crippen molar-refractivity contribution in [3.05, 3.63) is 41.0 Å². The molecule has 1 heteroatoms. The van der Waals surface area contributed by atoms with E-state index >= 15 is 0 Å². The lowest BCUT2D eigenvalue weighted by Crippen LogP contribution is -2.30. The molecule has 0 N–H and O–H groups in total. The van der Waals surface area contributed by atoms with Gasteiger partial charge in [-0.05, 0) is 50.3 Å². The van der Waals surface area contributed by atoms with Crippen molar-refractivity contribution < 1.29 is 0 Å². The molecule has 0 unspecified atom stereocenters. The van der Waals surface area contributed by atoms with Gasteiger partial charge in [0.1, 0.15) is 0 Å². The molecule has 1 fully saturated rings. The first-order valence-electron chi connectivity index (χ1n) is 7.80. The first-order valence-corrected chi connectivity index (χ1v) is 7.80. The molecule has 0 amide bonds. The van der Waals surface area contributed by atoms with E-state index in [2.05, 4.69) is 42.3 Å². The summed E-state index contributed by atoms with van der Waals surface area (Å²) in [6, 6.07) is 9.70. The Balaban J connectivity index is 1.57. The fourth-order valence-electron chi connectivity index (χ4n) is 3.53. The van der Waals surface area contributed by atoms with Gasteiger partial charge in [-0.3, -0.25) is 0 Å². The quantitative estimate of drug-likeness (QED) is 0.776. The molecule has 3 rings (SSSR count). The van der Waals surface area contributed by atoms with Crippen LogP contribution in [-0.2, 0) is 6.42 Å². The second-order valence-electron chi connectivity index (χ2n) is 6.17. The van der Waals surface area contributed by atoms with Crippen LogP contribution in [-0.4, -0.2) is 24.5 Å². The standard InChI is InChI=1S/C18H25N/c1-19(18-8-4-5-9-18)13-12-15-10-11-16-6-2-3-7-17(16)14-15/h2-3,6-7,14,18H,4-5,8-13H2,1H3. The summed E-state index contributed by atoms with van der Waals surface area (Å²) in [6.07, 6.45) is 11.9. The first kappa shape index (κ1) is 12.9. The van der Waals surface area contributed by atoms with E-state index < -0.39 is 0 Å². The Hall–Kier alpha value is -1.08. The summed E-state index contributed by atoms with van der Waals surface area (Å²) in [5.41, 5.74) is 4.62. The van der Waals surface area contributed by atoms with Crippen molar-refractivity contribution in [2.24, 2.45) is 0 Å². The van der Waals surface area contributed by atoms with Crippen molar-refractivity contribution in [3.8, 4) is 0 Å². The summed E-state index contributed by atoms with van der Waals surface area (Å²) in [7, 11) is 2.31. The summed E-state index contributed by atoms with van der Waals surface area (Å²) in [5, 5.41) is 0. The van der Waals surface area contributed by atoms with E-state index in [1.807, 2.05) is 0 Å². The zero-order chi connectivity index (χ0) is 13.1. The Bertz CT molecular complexity index is 455. The molecule has 19 heavy (non-hydrogen) atoms. The molecule has 0 heterocycles. The fourth-order valence-corrected chi connectivity index (χ4v) is 3.53. The Kier molecular flexibility index (Phi) is 4.03. The molecule has 0 bridgehead atoms. The fraction of sp³-hybridized carbons (Fsp3) is 0.556. The third-order valence-electron chi connectivity index (χ3n) is 4.86. The lowest BCUT2D eigenvalue weighted by Gasteiger charge is -2.25. The van der Waals surface area contributed by atoms with E-state index in [0.29, 0.717) is 0 Å². The van der Waals surface area contributed by atoms with Crippen molar-refractivity contribution >= 4 is 6.08 Å². The number of benzene rings is 1. The first-order chi connectivity index (χ1) is 9.33. The van der Waals surface area contributed by atoms with E-state index in [1.54, 1.807) is 5.57 Å². The molecule has 0 atom stereocenters. The summed E-state index contributed by atoms with van der Waals surface area (Å²) < 4.78 is 0. The van der Waals surface area contributed by atoms with Crippen LogP contribution in [0, 0.1) is 0 Å². The minimum Gasteiger partial charge on any atom is -0.303 e. The number of rotatable bonds is 4. The molecule has 0 aliphatic heterocycles. The minimum atomic E-state index is 0.858. The van der Waals surface area contributed by atoms with E-state index in [9.17, 15) is 0 Å². The summed E-state index contributed by atoms with van der Waals surface area (Å²) in [5.74, 6) is 0. The smallest absolute Gasteiger partial charge is 0.00923 e. The summed E-state index contributed by atoms with van der Waals surface area (Å²) in [6.45, 7) is 1.23. The van der Waals surface area contributed by atoms with Gasteiger partial charge in [-0.1, -0.05) is 48.8 Å². The molecule has 1 nitrogen and oxygen atoms in total. The third-order valence-corrected chi connectivity index (χ3v) is 4.86. The molecule has 0 radical (unpaired) electrons. The second kappa shape index (κ2) is 5.92. The van der Waals surface area contributed by atoms with Crippen LogP contribution in [0.5, 0.6) is 0 Å². The monoisotopic (exact) mass is 255 g/mol. The van der Waals surface area contributed by atoms with Crippen molar-refractivity contribution in [1.82, 2.24) is 4.90 Å². The highest BCUT2D eigenvalue weighted by Gasteiger charge is 2.19. The van der Waals surface area contributed by atoms with Gasteiger partial charge in [-0.25, -0.2) is 0 Å². The predicted octanol–water partition coefficient (Wildman–Crippen LogP) is 4.28. The van der Waals surface area contributed by atoms with E-state index in [-0.39, 0.29) is 0 Å². The topological polar surface area (TPSA) is 3.24 Å². The van der Waals surface area contributed by atoms with Crippen LogP contribution in [0.1, 0.15) is 49.7 Å². The molecule has 2 aliphatic carbocycles. The molecule has 1 aromatic carbocycles. The van der Waals surface area contributed by atoms with Crippen molar-refractivity contribution in [2.45, 2.75) is 51.0 Å². The van der Waals surface area contributed by atoms with Gasteiger partial charge in [-0.2, -0.15) is 0 Å². The van der Waals surface area contributed by atoms with E-state index in [0.717, 1.165) is 6.04 Å². The van der Waals surface area contributed by atoms with Crippen LogP contribution in [0.3, 0.4) is 0 Å². The van der Waals surface area contributed by atoms with Gasteiger partial charge in [0.05, 0.1) is 0 Å². The van der Waals surface area contributed by atoms with E-state index in [4.69, 9.17) is 0 Å². The SMILES string of the molecule is CN(CCC1=Cc2ccccc2CC1)C1CCCC1. The molecule has 1 aromatic rings. The zero-order valence-corrected chi connectivity index (χ0v) is 12.1. The highest BCUT2D eigenvalue weighted by molar-refractivity contribution is 5.59. The lowest BCUT2D eigenvalue weighted by atomic mass is 9.91. The minimum absolute atomic E-state index is 0.858. The molecule has 0 aromatic heterocycles. The normalized spacial score (nSPS) is 19.6. The van der Waals surface area contributed by atoms with Gasteiger partial charge in [0.25, 0.3) is 0 Å². The number of hydrogen-bond acceptors (Lipinski definition) is 1. The lowest BCUT2D eigenvalue weighted by molar-refractivity contribution is 0.248. The van der Waals surface area contributed by atoms with Gasteiger partial charge in [0.2, 0.25) is 0 Å². The van der Waals surface area contributed by atoms with Crippen LogP contribution >= 0.6 is 0 Å². The summed E-state index contributed by atoms with van der Waals surface area (Å²) in [4.78, 5) is 2.59. The zero-order valence-electron chi connectivity index (χ0n) is 12.1. The average molecular weight is 255 g/mol. The second-order valence-corrected chi connectivity index (χ2v) is 6.17. The maximum absolute atomic E-state index is 2.59. The highest BCUT2D eigenvalue weighted by atomic mass is 15.1. The maximum atomic E-state index is 2.59. The average Bonchev–Trinajstić information content (AvgIpc) is 2.99. The van der Waals surface area contributed by atoms with Crippen molar-refractivity contribution in [1.29, 1.82) is 0 Å². The Morgan fingerprint density at radius 1 is 1.11 bits per heavy atom. The van der Waals surface area contributed by atoms with Crippen LogP contribution < -0.4 is 0 Å². The molecule has 1 saturated carbocycles. The Morgan fingerprint density at radius 3 is 2.74 bits per heavy atom. The molecule has 0 saturated heterocycles. The largest absolute Gasteiger partial charge is 0.303 e. The van der Waals surface area contributed by atoms with Crippen molar-refractivity contribution in [2.75, 3.05) is 13.6 Å². The van der Waals surface area contributed by atoms with Crippen LogP contribution in [0.15, 0.2) is 29.8 Å². The molecular formula is C18H25N. The molecular weight excluding hydrogens is 230 g/mol. The van der Waals surface area contributed by atoms with Gasteiger partial charge in [0, 0.05) is 12.6 Å². The van der Waals surface area contributed by atoms with Crippen LogP contribution in [0.2, 0.25) is 0 Å². The molecule has 102 valence electrons. The Morgan fingerprint density at radius 2 is 1.89 bits per heavy atom. The van der Waals surface area contributed by atoms with E-state index in [1.165, 1.54) is 62.6 Å².